The number of carbonyl (C=O) groups excluding carboxylic acids is 1. The summed E-state index contributed by atoms with van der Waals surface area (Å²) in [6, 6.07) is 7.88. The van der Waals surface area contributed by atoms with Crippen LogP contribution >= 0.6 is 0 Å². The highest BCUT2D eigenvalue weighted by molar-refractivity contribution is 6.04. The number of para-hydroxylation sites is 2. The van der Waals surface area contributed by atoms with Crippen LogP contribution in [0.2, 0.25) is 0 Å². The smallest absolute Gasteiger partial charge is 0.278 e. The van der Waals surface area contributed by atoms with Crippen LogP contribution in [0.3, 0.4) is 0 Å². The predicted molar refractivity (Wildman–Crippen MR) is 103 cm³/mol. The van der Waals surface area contributed by atoms with E-state index in [4.69, 9.17) is 4.74 Å². The van der Waals surface area contributed by atoms with Gasteiger partial charge in [0.15, 0.2) is 5.69 Å². The van der Waals surface area contributed by atoms with E-state index < -0.39 is 0 Å². The van der Waals surface area contributed by atoms with Crippen LogP contribution in [0, 0.1) is 0 Å². The number of ether oxygens (including phenoxy) is 1. The molecule has 8 nitrogen and oxygen atoms in total. The molecule has 3 heterocycles. The highest BCUT2D eigenvalue weighted by Crippen LogP contribution is 2.22. The molecule has 0 saturated carbocycles. The van der Waals surface area contributed by atoms with Crippen LogP contribution in [0.15, 0.2) is 24.3 Å². The lowest BCUT2D eigenvalue weighted by atomic mass is 10.1. The van der Waals surface area contributed by atoms with E-state index in [0.717, 1.165) is 48.2 Å². The van der Waals surface area contributed by atoms with Crippen molar-refractivity contribution in [3.63, 3.8) is 0 Å². The fourth-order valence-corrected chi connectivity index (χ4v) is 3.44. The Labute approximate surface area is 157 Å². The number of H-pyrrole nitrogens is 1. The fraction of sp³-hybridized carbons (Fsp3) is 0.421. The molecule has 27 heavy (non-hydrogen) atoms. The number of aromatic nitrogens is 4. The fourth-order valence-electron chi connectivity index (χ4n) is 3.44. The third-order valence-electron chi connectivity index (χ3n) is 4.78. The number of nitrogens with one attached hydrogen (secondary N) is 3. The molecule has 0 aliphatic carbocycles. The number of carbonyl (C=O) groups is 1. The number of amides is 1. The molecule has 3 N–H and O–H groups in total. The van der Waals surface area contributed by atoms with Crippen LogP contribution in [-0.4, -0.2) is 45.4 Å². The summed E-state index contributed by atoms with van der Waals surface area (Å²) in [5.74, 6) is 0.302. The van der Waals surface area contributed by atoms with E-state index in [9.17, 15) is 4.79 Å². The Kier molecular flexibility index (Phi) is 5.17. The van der Waals surface area contributed by atoms with Crippen molar-refractivity contribution in [2.75, 3.05) is 25.1 Å². The Morgan fingerprint density at radius 2 is 2.26 bits per heavy atom. The van der Waals surface area contributed by atoms with Crippen molar-refractivity contribution < 1.29 is 9.53 Å². The minimum atomic E-state index is -0.238. The minimum Gasteiger partial charge on any atom is -0.382 e. The molecule has 0 atom stereocenters. The maximum absolute atomic E-state index is 12.9. The van der Waals surface area contributed by atoms with Gasteiger partial charge in [-0.15, -0.1) is 0 Å². The minimum absolute atomic E-state index is 0.238. The van der Waals surface area contributed by atoms with Gasteiger partial charge in [-0.2, -0.15) is 5.10 Å². The normalized spacial score (nSPS) is 13.7. The van der Waals surface area contributed by atoms with Crippen LogP contribution in [0.25, 0.3) is 11.0 Å². The zero-order valence-corrected chi connectivity index (χ0v) is 15.4. The summed E-state index contributed by atoms with van der Waals surface area (Å²) in [7, 11) is 0. The van der Waals surface area contributed by atoms with Gasteiger partial charge in [0, 0.05) is 50.5 Å². The first kappa shape index (κ1) is 17.7. The Bertz CT molecular complexity index is 945. The van der Waals surface area contributed by atoms with Crippen molar-refractivity contribution in [1.29, 1.82) is 0 Å². The van der Waals surface area contributed by atoms with Gasteiger partial charge >= 0.3 is 0 Å². The van der Waals surface area contributed by atoms with Gasteiger partial charge in [0.1, 0.15) is 0 Å². The lowest BCUT2D eigenvalue weighted by molar-refractivity contribution is 0.102. The van der Waals surface area contributed by atoms with Crippen LogP contribution in [0.1, 0.15) is 35.1 Å². The van der Waals surface area contributed by atoms with E-state index in [1.807, 2.05) is 35.8 Å². The third kappa shape index (κ3) is 3.58. The number of fused-ring (bicyclic) bond motifs is 2. The average Bonchev–Trinajstić information content (AvgIpc) is 3.27. The molecule has 3 aromatic rings. The van der Waals surface area contributed by atoms with Crippen molar-refractivity contribution in [3.05, 3.63) is 41.2 Å². The molecule has 1 aliphatic rings. The summed E-state index contributed by atoms with van der Waals surface area (Å²) in [5, 5.41) is 13.5. The Morgan fingerprint density at radius 3 is 3.15 bits per heavy atom. The van der Waals surface area contributed by atoms with Gasteiger partial charge in [-0.3, -0.25) is 15.2 Å². The summed E-state index contributed by atoms with van der Waals surface area (Å²) < 4.78 is 7.48. The molecule has 0 unspecified atom stereocenters. The second-order valence-electron chi connectivity index (χ2n) is 6.54. The van der Waals surface area contributed by atoms with Gasteiger partial charge in [-0.25, -0.2) is 4.98 Å². The molecule has 2 aromatic heterocycles. The van der Waals surface area contributed by atoms with E-state index in [1.165, 1.54) is 0 Å². The Balaban J connectivity index is 1.59. The summed E-state index contributed by atoms with van der Waals surface area (Å²) in [4.78, 5) is 17.5. The highest BCUT2D eigenvalue weighted by atomic mass is 16.5. The van der Waals surface area contributed by atoms with Crippen LogP contribution in [-0.2, 0) is 24.2 Å². The zero-order chi connectivity index (χ0) is 18.6. The summed E-state index contributed by atoms with van der Waals surface area (Å²) >= 11 is 0. The van der Waals surface area contributed by atoms with Gasteiger partial charge in [-0.1, -0.05) is 12.1 Å². The predicted octanol–water partition coefficient (Wildman–Crippen LogP) is 2.08. The topological polar surface area (TPSA) is 96.9 Å². The molecule has 0 spiro atoms. The van der Waals surface area contributed by atoms with E-state index in [-0.39, 0.29) is 5.91 Å². The number of benzene rings is 1. The number of hydrogen-bond donors (Lipinski definition) is 3. The number of rotatable bonds is 7. The Hall–Kier alpha value is -2.71. The van der Waals surface area contributed by atoms with Crippen molar-refractivity contribution in [3.8, 4) is 0 Å². The average molecular weight is 368 g/mol. The maximum Gasteiger partial charge on any atom is 0.278 e. The monoisotopic (exact) mass is 368 g/mol. The molecule has 1 aliphatic heterocycles. The molecule has 1 amide bonds. The van der Waals surface area contributed by atoms with Crippen molar-refractivity contribution in [1.82, 2.24) is 25.1 Å². The largest absolute Gasteiger partial charge is 0.382 e. The van der Waals surface area contributed by atoms with Gasteiger partial charge in [0.25, 0.3) is 5.91 Å². The molecule has 0 radical (unpaired) electrons. The maximum atomic E-state index is 12.9. The number of anilines is 1. The van der Waals surface area contributed by atoms with Gasteiger partial charge in [0.2, 0.25) is 5.95 Å². The molecule has 1 aromatic carbocycles. The van der Waals surface area contributed by atoms with Crippen molar-refractivity contribution in [2.24, 2.45) is 0 Å². The summed E-state index contributed by atoms with van der Waals surface area (Å²) in [6.45, 7) is 5.63. The standard InChI is InChI=1S/C19H24N6O2/c1-2-27-11-5-10-25-16-7-4-3-6-15(16)21-19(25)22-18(26)17-13-12-20-9-8-14(13)23-24-17/h3-4,6-7,20H,2,5,8-12H2,1H3,(H,23,24)(H,21,22,26). The molecular weight excluding hydrogens is 344 g/mol. The molecule has 0 fully saturated rings. The summed E-state index contributed by atoms with van der Waals surface area (Å²) in [6.07, 6.45) is 1.70. The highest BCUT2D eigenvalue weighted by Gasteiger charge is 2.23. The quantitative estimate of drug-likeness (QED) is 0.555. The summed E-state index contributed by atoms with van der Waals surface area (Å²) in [5.41, 5.74) is 4.26. The van der Waals surface area contributed by atoms with Crippen molar-refractivity contribution >= 4 is 22.9 Å². The number of nitrogens with zero attached hydrogens (tertiary/aromatic N) is 3. The van der Waals surface area contributed by atoms with Crippen molar-refractivity contribution in [2.45, 2.75) is 32.9 Å². The van der Waals surface area contributed by atoms with Crippen LogP contribution in [0.5, 0.6) is 0 Å². The van der Waals surface area contributed by atoms with Crippen LogP contribution in [0.4, 0.5) is 5.95 Å². The Morgan fingerprint density at radius 1 is 1.37 bits per heavy atom. The van der Waals surface area contributed by atoms with Gasteiger partial charge in [-0.05, 0) is 25.5 Å². The second-order valence-corrected chi connectivity index (χ2v) is 6.54. The lowest BCUT2D eigenvalue weighted by Gasteiger charge is -2.13. The molecule has 8 heteroatoms. The molecule has 142 valence electrons. The van der Waals surface area contributed by atoms with E-state index in [1.54, 1.807) is 0 Å². The SMILES string of the molecule is CCOCCCn1c(NC(=O)c2n[nH]c3c2CNCC3)nc2ccccc21. The lowest BCUT2D eigenvalue weighted by Crippen LogP contribution is -2.25. The molecule has 0 saturated heterocycles. The van der Waals surface area contributed by atoms with Crippen LogP contribution < -0.4 is 10.6 Å². The first-order valence-corrected chi connectivity index (χ1v) is 9.39. The number of imidazole rings is 1. The van der Waals surface area contributed by atoms with E-state index in [0.29, 0.717) is 31.4 Å². The zero-order valence-electron chi connectivity index (χ0n) is 15.4. The number of aromatic amines is 1. The third-order valence-corrected chi connectivity index (χ3v) is 4.78. The van der Waals surface area contributed by atoms with Gasteiger partial charge < -0.3 is 14.6 Å². The molecular formula is C19H24N6O2. The number of hydrogen-bond acceptors (Lipinski definition) is 5. The first-order valence-electron chi connectivity index (χ1n) is 9.39. The van der Waals surface area contributed by atoms with E-state index in [2.05, 4.69) is 25.8 Å². The second kappa shape index (κ2) is 7.89. The molecule has 0 bridgehead atoms. The van der Waals surface area contributed by atoms with Gasteiger partial charge in [0.05, 0.1) is 11.0 Å². The first-order chi connectivity index (χ1) is 13.3. The van der Waals surface area contributed by atoms with E-state index >= 15 is 0 Å². The number of aryl methyl sites for hydroxylation is 1. The molecule has 4 rings (SSSR count).